The summed E-state index contributed by atoms with van der Waals surface area (Å²) in [5.41, 5.74) is 20.1. The lowest BCUT2D eigenvalue weighted by atomic mass is 9.66. The molecule has 0 aromatic heterocycles. The van der Waals surface area contributed by atoms with Crippen molar-refractivity contribution in [3.05, 3.63) is 288 Å². The van der Waals surface area contributed by atoms with Gasteiger partial charge in [-0.2, -0.15) is 0 Å². The molecular formula is C72H48. The summed E-state index contributed by atoms with van der Waals surface area (Å²) in [5, 5.41) is 12.7. The van der Waals surface area contributed by atoms with Crippen molar-refractivity contribution in [2.75, 3.05) is 0 Å². The number of hydrogen-bond donors (Lipinski definition) is 0. The van der Waals surface area contributed by atoms with Gasteiger partial charge in [-0.1, -0.05) is 250 Å². The lowest BCUT2D eigenvalue weighted by molar-refractivity contribution is 0.660. The van der Waals surface area contributed by atoms with Gasteiger partial charge in [0.25, 0.3) is 0 Å². The molecule has 0 atom stereocenters. The molecule has 0 aliphatic heterocycles. The molecule has 2 aliphatic carbocycles. The summed E-state index contributed by atoms with van der Waals surface area (Å²) < 4.78 is 0. The van der Waals surface area contributed by atoms with Gasteiger partial charge in [-0.25, -0.2) is 0 Å². The van der Waals surface area contributed by atoms with Crippen molar-refractivity contribution in [2.45, 2.75) is 24.7 Å². The highest BCUT2D eigenvalue weighted by atomic mass is 14.5. The fourth-order valence-corrected chi connectivity index (χ4v) is 13.7. The molecule has 336 valence electrons. The Hall–Kier alpha value is -8.84. The first-order chi connectivity index (χ1) is 35.5. The van der Waals surface area contributed by atoms with Gasteiger partial charge in [0.1, 0.15) is 0 Å². The first-order valence-corrected chi connectivity index (χ1v) is 25.4. The molecule has 13 aromatic carbocycles. The van der Waals surface area contributed by atoms with Crippen LogP contribution in [-0.4, -0.2) is 0 Å². The van der Waals surface area contributed by atoms with E-state index in [1.54, 1.807) is 0 Å². The predicted molar refractivity (Wildman–Crippen MR) is 305 cm³/mol. The lowest BCUT2D eigenvalue weighted by Crippen LogP contribution is -2.29. The van der Waals surface area contributed by atoms with Gasteiger partial charge in [0.05, 0.1) is 5.41 Å². The van der Waals surface area contributed by atoms with E-state index in [0.29, 0.717) is 0 Å². The van der Waals surface area contributed by atoms with Gasteiger partial charge in [-0.15, -0.1) is 0 Å². The zero-order chi connectivity index (χ0) is 47.7. The van der Waals surface area contributed by atoms with Crippen molar-refractivity contribution in [1.82, 2.24) is 0 Å². The van der Waals surface area contributed by atoms with Crippen LogP contribution in [0, 0.1) is 0 Å². The molecule has 13 aromatic rings. The third-order valence-corrected chi connectivity index (χ3v) is 16.7. The maximum absolute atomic E-state index is 2.58. The Morgan fingerprint density at radius 2 is 0.667 bits per heavy atom. The minimum absolute atomic E-state index is 0.0954. The Morgan fingerprint density at radius 3 is 1.26 bits per heavy atom. The fraction of sp³-hybridized carbons (Fsp3) is 0.0556. The average Bonchev–Trinajstić information content (AvgIpc) is 3.90. The third kappa shape index (κ3) is 5.52. The maximum atomic E-state index is 2.58. The first-order valence-electron chi connectivity index (χ1n) is 25.4. The molecule has 0 unspecified atom stereocenters. The average molecular weight is 913 g/mol. The smallest absolute Gasteiger partial charge is 0.0622 e. The number of benzene rings is 13. The van der Waals surface area contributed by atoms with Gasteiger partial charge in [-0.05, 0) is 161 Å². The Morgan fingerprint density at radius 1 is 0.236 bits per heavy atom. The minimum Gasteiger partial charge on any atom is -0.0622 e. The summed E-state index contributed by atoms with van der Waals surface area (Å²) in [7, 11) is 0. The van der Waals surface area contributed by atoms with Crippen LogP contribution < -0.4 is 0 Å². The second-order valence-corrected chi connectivity index (χ2v) is 20.6. The second kappa shape index (κ2) is 15.3. The van der Waals surface area contributed by atoms with Crippen LogP contribution in [0.2, 0.25) is 0 Å². The number of rotatable bonds is 5. The monoisotopic (exact) mass is 912 g/mol. The van der Waals surface area contributed by atoms with E-state index in [1.165, 1.54) is 143 Å². The van der Waals surface area contributed by atoms with Gasteiger partial charge in [0.15, 0.2) is 0 Å². The van der Waals surface area contributed by atoms with Gasteiger partial charge < -0.3 is 0 Å². The van der Waals surface area contributed by atoms with Crippen molar-refractivity contribution in [3.63, 3.8) is 0 Å². The van der Waals surface area contributed by atoms with Gasteiger partial charge in [0.2, 0.25) is 0 Å². The van der Waals surface area contributed by atoms with Crippen LogP contribution in [0.1, 0.15) is 47.2 Å². The summed E-state index contributed by atoms with van der Waals surface area (Å²) in [6.45, 7) is 4.76. The standard InChI is InChI=1S/C72H48/c1-71(2)63-39-20-19-31-53(63)54-41-40-47(43-64(54)71)67-59-36-16-14-34-57(59)66(58-35-15-17-37-60(58)67)46-23-21-22-45(42-46)62-44-65-68(55-32-12-10-30-52(55)62)69-56-33-13-9-28-50(56)51-29-11-18-38-61(51)70(69)72(65,48-24-5-3-6-25-48)49-26-7-4-8-27-49/h3-44H,1-2H3. The van der Waals surface area contributed by atoms with E-state index in [9.17, 15) is 0 Å². The SMILES string of the molecule is CC1(C)c2ccccc2-c2ccc(-c3c4ccccc4c(-c4cccc(-c5cc6c(c7ccccc57)-c5c(c7ccccc7c7ccccc57)C6(c5ccccc5)c5ccccc5)c4)c4ccccc34)cc21. The van der Waals surface area contributed by atoms with E-state index in [2.05, 4.69) is 269 Å². The molecule has 0 heteroatoms. The number of hydrogen-bond acceptors (Lipinski definition) is 0. The van der Waals surface area contributed by atoms with E-state index >= 15 is 0 Å². The topological polar surface area (TPSA) is 0 Å². The first kappa shape index (κ1) is 41.0. The second-order valence-electron chi connectivity index (χ2n) is 20.6. The largest absolute Gasteiger partial charge is 0.0720 e. The van der Waals surface area contributed by atoms with Gasteiger partial charge in [-0.3, -0.25) is 0 Å². The zero-order valence-corrected chi connectivity index (χ0v) is 40.2. The molecule has 0 saturated heterocycles. The maximum Gasteiger partial charge on any atom is 0.0720 e. The van der Waals surface area contributed by atoms with Crippen LogP contribution in [0.15, 0.2) is 255 Å². The molecule has 0 N–H and O–H groups in total. The van der Waals surface area contributed by atoms with Crippen molar-refractivity contribution in [1.29, 1.82) is 0 Å². The van der Waals surface area contributed by atoms with Gasteiger partial charge >= 0.3 is 0 Å². The Labute approximate surface area is 420 Å². The van der Waals surface area contributed by atoms with Crippen molar-refractivity contribution >= 4 is 53.9 Å². The Balaban J connectivity index is 1.00. The van der Waals surface area contributed by atoms with Crippen molar-refractivity contribution in [3.8, 4) is 55.6 Å². The highest BCUT2D eigenvalue weighted by Crippen LogP contribution is 2.63. The van der Waals surface area contributed by atoms with Crippen LogP contribution in [0.4, 0.5) is 0 Å². The van der Waals surface area contributed by atoms with Crippen molar-refractivity contribution < 1.29 is 0 Å². The van der Waals surface area contributed by atoms with E-state index in [4.69, 9.17) is 0 Å². The number of fused-ring (bicyclic) bond motifs is 15. The molecule has 0 amide bonds. The lowest BCUT2D eigenvalue weighted by Gasteiger charge is -2.35. The quantitative estimate of drug-likeness (QED) is 0.119. The van der Waals surface area contributed by atoms with E-state index in [1.807, 2.05) is 0 Å². The normalized spacial score (nSPS) is 13.9. The Bertz CT molecular complexity index is 4300. The molecular weight excluding hydrogens is 865 g/mol. The summed E-state index contributed by atoms with van der Waals surface area (Å²) in [6.07, 6.45) is 0. The molecule has 2 aliphatic rings. The summed E-state index contributed by atoms with van der Waals surface area (Å²) in [6, 6.07) is 96.3. The fourth-order valence-electron chi connectivity index (χ4n) is 13.7. The van der Waals surface area contributed by atoms with Crippen LogP contribution in [0.3, 0.4) is 0 Å². The molecule has 0 saturated carbocycles. The minimum atomic E-state index is -0.620. The van der Waals surface area contributed by atoms with Crippen molar-refractivity contribution in [2.24, 2.45) is 0 Å². The molecule has 72 heavy (non-hydrogen) atoms. The van der Waals surface area contributed by atoms with Crippen LogP contribution in [0.5, 0.6) is 0 Å². The molecule has 0 heterocycles. The highest BCUT2D eigenvalue weighted by molar-refractivity contribution is 6.24. The van der Waals surface area contributed by atoms with E-state index in [-0.39, 0.29) is 5.41 Å². The summed E-state index contributed by atoms with van der Waals surface area (Å²) in [5.74, 6) is 0. The van der Waals surface area contributed by atoms with Gasteiger partial charge in [0, 0.05) is 5.41 Å². The predicted octanol–water partition coefficient (Wildman–Crippen LogP) is 19.1. The molecule has 0 spiro atoms. The summed E-state index contributed by atoms with van der Waals surface area (Å²) >= 11 is 0. The van der Waals surface area contributed by atoms with E-state index < -0.39 is 5.41 Å². The molecule has 15 rings (SSSR count). The molecule has 0 bridgehead atoms. The highest BCUT2D eigenvalue weighted by Gasteiger charge is 2.49. The van der Waals surface area contributed by atoms with Crippen LogP contribution >= 0.6 is 0 Å². The Kier molecular flexibility index (Phi) is 8.73. The molecule has 0 nitrogen and oxygen atoms in total. The van der Waals surface area contributed by atoms with Crippen LogP contribution in [0.25, 0.3) is 109 Å². The third-order valence-electron chi connectivity index (χ3n) is 16.7. The zero-order valence-electron chi connectivity index (χ0n) is 40.2. The summed E-state index contributed by atoms with van der Waals surface area (Å²) in [4.78, 5) is 0. The molecule has 0 fully saturated rings. The molecule has 0 radical (unpaired) electrons. The van der Waals surface area contributed by atoms with E-state index in [0.717, 1.165) is 0 Å². The van der Waals surface area contributed by atoms with Crippen LogP contribution in [-0.2, 0) is 10.8 Å².